The van der Waals surface area contributed by atoms with E-state index in [2.05, 4.69) is 15.2 Å². The first-order chi connectivity index (χ1) is 22.2. The number of hydrogen-bond acceptors (Lipinski definition) is 9. The Morgan fingerprint density at radius 2 is 1.87 bits per heavy atom. The maximum Gasteiger partial charge on any atom is 0.291 e. The highest BCUT2D eigenvalue weighted by Gasteiger charge is 2.28. The van der Waals surface area contributed by atoms with E-state index in [1.54, 1.807) is 21.7 Å². The normalized spacial score (nSPS) is 14.0. The smallest absolute Gasteiger partial charge is 0.291 e. The Bertz CT molecular complexity index is 1930. The number of aryl methyl sites for hydroxylation is 1. The Labute approximate surface area is 268 Å². The number of H-pyrrole nitrogens is 1. The molecule has 13 heteroatoms. The van der Waals surface area contributed by atoms with Crippen LogP contribution in [-0.2, 0) is 16.3 Å². The van der Waals surface area contributed by atoms with Crippen LogP contribution in [0.4, 0.5) is 5.82 Å². The fraction of sp³-hybridized carbons (Fsp3) is 0.364. The second-order valence-corrected chi connectivity index (χ2v) is 13.6. The van der Waals surface area contributed by atoms with E-state index < -0.39 is 9.84 Å². The van der Waals surface area contributed by atoms with E-state index in [1.165, 1.54) is 6.33 Å². The highest BCUT2D eigenvalue weighted by atomic mass is 32.2. The lowest BCUT2D eigenvalue weighted by Gasteiger charge is -2.30. The van der Waals surface area contributed by atoms with E-state index in [-0.39, 0.29) is 28.5 Å². The van der Waals surface area contributed by atoms with Gasteiger partial charge in [-0.25, -0.2) is 18.4 Å². The predicted molar refractivity (Wildman–Crippen MR) is 175 cm³/mol. The Hall–Kier alpha value is -4.78. The van der Waals surface area contributed by atoms with Crippen LogP contribution < -0.4 is 10.5 Å². The van der Waals surface area contributed by atoms with Crippen molar-refractivity contribution in [3.63, 3.8) is 0 Å². The van der Waals surface area contributed by atoms with Crippen molar-refractivity contribution < 1.29 is 17.9 Å². The number of pyridine rings is 1. The molecule has 0 aliphatic heterocycles. The lowest BCUT2D eigenvalue weighted by atomic mass is 10.0. The number of sulfone groups is 1. The monoisotopic (exact) mass is 642 g/mol. The van der Waals surface area contributed by atoms with Crippen molar-refractivity contribution in [2.45, 2.75) is 69.4 Å². The number of ether oxygens (including phenoxy) is 1. The van der Waals surface area contributed by atoms with Crippen molar-refractivity contribution >= 4 is 27.2 Å². The number of nitrogen functional groups attached to an aromatic ring is 1. The van der Waals surface area contributed by atoms with Gasteiger partial charge in [-0.3, -0.25) is 19.3 Å². The average molecular weight is 643 g/mol. The zero-order valence-electron chi connectivity index (χ0n) is 26.2. The molecule has 0 bridgehead atoms. The number of benzene rings is 1. The molecule has 6 rings (SSSR count). The number of rotatable bonds is 13. The highest BCUT2D eigenvalue weighted by Crippen LogP contribution is 2.33. The summed E-state index contributed by atoms with van der Waals surface area (Å²) in [4.78, 5) is 28.7. The van der Waals surface area contributed by atoms with Gasteiger partial charge in [0.2, 0.25) is 5.82 Å². The summed E-state index contributed by atoms with van der Waals surface area (Å²) in [7, 11) is -3.72. The van der Waals surface area contributed by atoms with Gasteiger partial charge in [-0.15, -0.1) is 0 Å². The van der Waals surface area contributed by atoms with Gasteiger partial charge in [0.15, 0.2) is 9.84 Å². The Morgan fingerprint density at radius 3 is 2.48 bits per heavy atom. The second-order valence-electron chi connectivity index (χ2n) is 11.7. The third-order valence-electron chi connectivity index (χ3n) is 8.25. The van der Waals surface area contributed by atoms with Crippen LogP contribution in [0.1, 0.15) is 62.3 Å². The molecule has 46 heavy (non-hydrogen) atoms. The summed E-state index contributed by atoms with van der Waals surface area (Å²) in [5.41, 5.74) is 10.8. The predicted octanol–water partition coefficient (Wildman–Crippen LogP) is 4.97. The number of fused-ring (bicyclic) bond motifs is 1. The Kier molecular flexibility index (Phi) is 8.76. The van der Waals surface area contributed by atoms with Crippen molar-refractivity contribution in [3.8, 4) is 28.1 Å². The molecular weight excluding hydrogens is 604 g/mol. The lowest BCUT2D eigenvalue weighted by Crippen LogP contribution is -2.41. The first kappa shape index (κ1) is 31.2. The molecule has 0 unspecified atom stereocenters. The summed E-state index contributed by atoms with van der Waals surface area (Å²) in [5.74, 6) is 0.887. The zero-order chi connectivity index (χ0) is 32.4. The van der Waals surface area contributed by atoms with Gasteiger partial charge in [0, 0.05) is 47.9 Å². The minimum Gasteiger partial charge on any atom is -0.490 e. The summed E-state index contributed by atoms with van der Waals surface area (Å²) in [6.45, 7) is 4.53. The van der Waals surface area contributed by atoms with E-state index in [9.17, 15) is 13.2 Å². The van der Waals surface area contributed by atoms with E-state index in [4.69, 9.17) is 20.4 Å². The SMILES string of the molecule is CCCN(C(=O)c1ncn[nH]1)[C@H](CC)CCc1nc2c(-c3ccc(-c4ccc(OC5CC5)cc4)nc3)ccn2c(N)c1S(C)(=O)=O. The van der Waals surface area contributed by atoms with Gasteiger partial charge >= 0.3 is 0 Å². The maximum atomic E-state index is 13.2. The van der Waals surface area contributed by atoms with E-state index in [0.29, 0.717) is 43.3 Å². The summed E-state index contributed by atoms with van der Waals surface area (Å²) in [5, 5.41) is 6.47. The molecule has 4 heterocycles. The number of anilines is 1. The third-order valence-corrected chi connectivity index (χ3v) is 9.43. The van der Waals surface area contributed by atoms with Gasteiger partial charge in [-0.2, -0.15) is 5.10 Å². The molecule has 1 fully saturated rings. The van der Waals surface area contributed by atoms with Gasteiger partial charge in [-0.1, -0.05) is 19.9 Å². The van der Waals surface area contributed by atoms with Crippen LogP contribution in [0.3, 0.4) is 0 Å². The maximum absolute atomic E-state index is 13.2. The van der Waals surface area contributed by atoms with Crippen LogP contribution in [-0.4, -0.2) is 73.7 Å². The molecule has 1 aliphatic rings. The molecule has 0 spiro atoms. The van der Waals surface area contributed by atoms with Crippen LogP contribution in [0, 0.1) is 0 Å². The van der Waals surface area contributed by atoms with Gasteiger partial charge in [0.1, 0.15) is 28.4 Å². The summed E-state index contributed by atoms with van der Waals surface area (Å²) in [6, 6.07) is 13.5. The minimum atomic E-state index is -3.72. The number of carbonyl (C=O) groups excluding carboxylic acids is 1. The molecule has 3 N–H and O–H groups in total. The van der Waals surface area contributed by atoms with E-state index >= 15 is 0 Å². The molecule has 0 saturated heterocycles. The molecule has 240 valence electrons. The molecule has 1 aliphatic carbocycles. The van der Waals surface area contributed by atoms with Crippen LogP contribution >= 0.6 is 0 Å². The number of aromatic nitrogens is 6. The van der Waals surface area contributed by atoms with E-state index in [1.807, 2.05) is 56.3 Å². The van der Waals surface area contributed by atoms with Crippen molar-refractivity contribution in [1.82, 2.24) is 34.4 Å². The fourth-order valence-electron chi connectivity index (χ4n) is 5.79. The van der Waals surface area contributed by atoms with Crippen molar-refractivity contribution in [1.29, 1.82) is 0 Å². The first-order valence-electron chi connectivity index (χ1n) is 15.6. The number of carbonyl (C=O) groups is 1. The molecular formula is C33H38N8O4S. The zero-order valence-corrected chi connectivity index (χ0v) is 27.0. The van der Waals surface area contributed by atoms with Crippen LogP contribution in [0.5, 0.6) is 5.75 Å². The third kappa shape index (κ3) is 6.45. The molecule has 1 amide bonds. The second kappa shape index (κ2) is 12.9. The quantitative estimate of drug-likeness (QED) is 0.181. The number of nitrogens with zero attached hydrogens (tertiary/aromatic N) is 6. The van der Waals surface area contributed by atoms with Crippen molar-refractivity contribution in [2.24, 2.45) is 0 Å². The molecule has 5 aromatic rings. The average Bonchev–Trinajstić information content (AvgIpc) is 3.49. The highest BCUT2D eigenvalue weighted by molar-refractivity contribution is 7.91. The Balaban J connectivity index is 1.30. The summed E-state index contributed by atoms with van der Waals surface area (Å²) < 4.78 is 33.5. The molecule has 0 radical (unpaired) electrons. The standard InChI is InChI=1S/C33H38N8O4S/c1-4-17-40(33(42)31-36-20-37-39-31)23(5-2)9-15-28-29(46(3,43)44)30(34)41-18-16-26(32(41)38-28)22-8-14-27(35-19-22)21-6-10-24(11-7-21)45-25-12-13-25/h6-8,10-11,14,16,18-20,23,25H,4-5,9,12-13,15,17,34H2,1-3H3,(H,36,37,39)/t23-/m1/s1. The van der Waals surface area contributed by atoms with Gasteiger partial charge in [0.05, 0.1) is 17.5 Å². The van der Waals surface area contributed by atoms with Gasteiger partial charge in [0.25, 0.3) is 5.91 Å². The minimum absolute atomic E-state index is 0.00295. The fourth-order valence-corrected chi connectivity index (χ4v) is 6.85. The van der Waals surface area contributed by atoms with E-state index in [0.717, 1.165) is 53.7 Å². The van der Waals surface area contributed by atoms with Crippen LogP contribution in [0.15, 0.2) is 66.1 Å². The molecule has 4 aromatic heterocycles. The van der Waals surface area contributed by atoms with Crippen LogP contribution in [0.25, 0.3) is 28.0 Å². The number of aromatic amines is 1. The van der Waals surface area contributed by atoms with Crippen LogP contribution in [0.2, 0.25) is 0 Å². The van der Waals surface area contributed by atoms with Gasteiger partial charge < -0.3 is 15.4 Å². The first-order valence-corrected chi connectivity index (χ1v) is 17.5. The number of nitrogens with two attached hydrogens (primary N) is 1. The molecule has 12 nitrogen and oxygen atoms in total. The molecule has 1 atom stereocenters. The molecule has 1 saturated carbocycles. The number of amides is 1. The van der Waals surface area contributed by atoms with Gasteiger partial charge in [-0.05, 0) is 74.9 Å². The topological polar surface area (TPSA) is 161 Å². The number of hydrogen-bond donors (Lipinski definition) is 2. The lowest BCUT2D eigenvalue weighted by molar-refractivity contribution is 0.0650. The summed E-state index contributed by atoms with van der Waals surface area (Å²) >= 11 is 0. The van der Waals surface area contributed by atoms with Crippen molar-refractivity contribution in [2.75, 3.05) is 18.5 Å². The van der Waals surface area contributed by atoms with Crippen molar-refractivity contribution in [3.05, 3.63) is 72.7 Å². The molecule has 1 aromatic carbocycles. The Morgan fingerprint density at radius 1 is 1.11 bits per heavy atom. The number of nitrogens with one attached hydrogen (secondary N) is 1. The summed E-state index contributed by atoms with van der Waals surface area (Å²) in [6.07, 6.45) is 10.7. The largest absolute Gasteiger partial charge is 0.490 e.